The van der Waals surface area contributed by atoms with Gasteiger partial charge in [0.15, 0.2) is 0 Å². The molecule has 17 heavy (non-hydrogen) atoms. The van der Waals surface area contributed by atoms with E-state index in [0.29, 0.717) is 20.5 Å². The van der Waals surface area contributed by atoms with Crippen LogP contribution in [-0.2, 0) is 0 Å². The molecule has 0 radical (unpaired) electrons. The van der Waals surface area contributed by atoms with Gasteiger partial charge in [0.1, 0.15) is 11.5 Å². The summed E-state index contributed by atoms with van der Waals surface area (Å²) in [6.07, 6.45) is 0. The normalized spacial score (nSPS) is 10.4. The number of hydrogen-bond acceptors (Lipinski definition) is 4. The predicted octanol–water partition coefficient (Wildman–Crippen LogP) is 3.48. The van der Waals surface area contributed by atoms with Crippen LogP contribution >= 0.6 is 23.4 Å². The standard InChI is InChI=1S/C12H10ClNO2S/c13-9-3-1-7(15)5-11(9)17-12-6-8(16)2-4-10(12)14/h1-6,15-16H,14H2. The molecule has 0 spiro atoms. The van der Waals surface area contributed by atoms with Crippen LogP contribution in [0.5, 0.6) is 11.5 Å². The summed E-state index contributed by atoms with van der Waals surface area (Å²) in [6.45, 7) is 0. The van der Waals surface area contributed by atoms with Gasteiger partial charge in [0.2, 0.25) is 0 Å². The quantitative estimate of drug-likeness (QED) is 0.576. The molecule has 4 N–H and O–H groups in total. The molecule has 2 aromatic rings. The molecule has 2 aromatic carbocycles. The Labute approximate surface area is 108 Å². The molecule has 0 aliphatic carbocycles. The van der Waals surface area contributed by atoms with Crippen molar-refractivity contribution in [2.24, 2.45) is 0 Å². The molecule has 0 saturated heterocycles. The summed E-state index contributed by atoms with van der Waals surface area (Å²) in [7, 11) is 0. The summed E-state index contributed by atoms with van der Waals surface area (Å²) >= 11 is 7.30. The van der Waals surface area contributed by atoms with Gasteiger partial charge in [0.05, 0.1) is 5.02 Å². The number of phenolic OH excluding ortho intramolecular Hbond substituents is 2. The zero-order valence-electron chi connectivity index (χ0n) is 8.72. The predicted molar refractivity (Wildman–Crippen MR) is 69.8 cm³/mol. The fourth-order valence-corrected chi connectivity index (χ4v) is 2.48. The van der Waals surface area contributed by atoms with Crippen molar-refractivity contribution in [2.75, 3.05) is 5.73 Å². The largest absolute Gasteiger partial charge is 0.508 e. The van der Waals surface area contributed by atoms with E-state index in [1.54, 1.807) is 24.3 Å². The number of phenols is 2. The van der Waals surface area contributed by atoms with Crippen LogP contribution in [0.3, 0.4) is 0 Å². The fourth-order valence-electron chi connectivity index (χ4n) is 1.30. The van der Waals surface area contributed by atoms with Crippen molar-refractivity contribution in [2.45, 2.75) is 9.79 Å². The van der Waals surface area contributed by atoms with E-state index in [4.69, 9.17) is 17.3 Å². The topological polar surface area (TPSA) is 66.5 Å². The maximum absolute atomic E-state index is 9.39. The van der Waals surface area contributed by atoms with Gasteiger partial charge in [0.25, 0.3) is 0 Å². The van der Waals surface area contributed by atoms with Crippen LogP contribution < -0.4 is 5.73 Å². The van der Waals surface area contributed by atoms with Gasteiger partial charge in [-0.3, -0.25) is 0 Å². The highest BCUT2D eigenvalue weighted by Gasteiger charge is 2.07. The number of rotatable bonds is 2. The van der Waals surface area contributed by atoms with Crippen molar-refractivity contribution in [3.8, 4) is 11.5 Å². The van der Waals surface area contributed by atoms with Gasteiger partial charge in [-0.25, -0.2) is 0 Å². The Balaban J connectivity index is 2.37. The molecule has 0 aliphatic heterocycles. The number of nitrogens with two attached hydrogens (primary N) is 1. The Morgan fingerprint density at radius 3 is 2.24 bits per heavy atom. The zero-order chi connectivity index (χ0) is 12.4. The third-order valence-corrected chi connectivity index (χ3v) is 3.70. The monoisotopic (exact) mass is 267 g/mol. The molecule has 0 fully saturated rings. The van der Waals surface area contributed by atoms with Gasteiger partial charge >= 0.3 is 0 Å². The van der Waals surface area contributed by atoms with E-state index in [-0.39, 0.29) is 11.5 Å². The molecular weight excluding hydrogens is 258 g/mol. The van der Waals surface area contributed by atoms with Crippen molar-refractivity contribution in [1.82, 2.24) is 0 Å². The van der Waals surface area contributed by atoms with Gasteiger partial charge in [-0.1, -0.05) is 23.4 Å². The maximum Gasteiger partial charge on any atom is 0.116 e. The molecule has 0 amide bonds. The maximum atomic E-state index is 9.39. The minimum atomic E-state index is 0.135. The van der Waals surface area contributed by atoms with Gasteiger partial charge in [-0.05, 0) is 36.4 Å². The van der Waals surface area contributed by atoms with Crippen molar-refractivity contribution in [1.29, 1.82) is 0 Å². The Morgan fingerprint density at radius 2 is 1.53 bits per heavy atom. The van der Waals surface area contributed by atoms with Crippen molar-refractivity contribution >= 4 is 29.1 Å². The Bertz CT molecular complexity index is 511. The molecule has 0 heterocycles. The number of anilines is 1. The summed E-state index contributed by atoms with van der Waals surface area (Å²) in [6, 6.07) is 9.37. The van der Waals surface area contributed by atoms with Crippen molar-refractivity contribution in [3.63, 3.8) is 0 Å². The van der Waals surface area contributed by atoms with Crippen LogP contribution in [-0.4, -0.2) is 10.2 Å². The average molecular weight is 268 g/mol. The number of nitrogen functional groups attached to an aromatic ring is 1. The van der Waals surface area contributed by atoms with Crippen molar-refractivity contribution < 1.29 is 10.2 Å². The van der Waals surface area contributed by atoms with Gasteiger partial charge in [-0.2, -0.15) is 0 Å². The highest BCUT2D eigenvalue weighted by atomic mass is 35.5. The average Bonchev–Trinajstić information content (AvgIpc) is 2.28. The molecule has 5 heteroatoms. The first-order valence-corrected chi connectivity index (χ1v) is 6.00. The zero-order valence-corrected chi connectivity index (χ0v) is 10.3. The lowest BCUT2D eigenvalue weighted by Gasteiger charge is -2.07. The minimum absolute atomic E-state index is 0.135. The molecule has 0 saturated carbocycles. The summed E-state index contributed by atoms with van der Waals surface area (Å²) in [5.74, 6) is 0.272. The number of hydrogen-bond donors (Lipinski definition) is 3. The molecule has 2 rings (SSSR count). The number of benzene rings is 2. The van der Waals surface area contributed by atoms with Crippen molar-refractivity contribution in [3.05, 3.63) is 41.4 Å². The third kappa shape index (κ3) is 2.78. The highest BCUT2D eigenvalue weighted by molar-refractivity contribution is 7.99. The Morgan fingerprint density at radius 1 is 0.941 bits per heavy atom. The van der Waals surface area contributed by atoms with E-state index in [9.17, 15) is 10.2 Å². The van der Waals surface area contributed by atoms with Crippen LogP contribution in [0.2, 0.25) is 5.02 Å². The first kappa shape index (κ1) is 12.0. The van der Waals surface area contributed by atoms with Crippen LogP contribution in [0.25, 0.3) is 0 Å². The first-order chi connectivity index (χ1) is 8.06. The molecule has 3 nitrogen and oxygen atoms in total. The van der Waals surface area contributed by atoms with Crippen LogP contribution in [0.1, 0.15) is 0 Å². The van der Waals surface area contributed by atoms with Crippen LogP contribution in [0.15, 0.2) is 46.2 Å². The van der Waals surface area contributed by atoms with Crippen LogP contribution in [0.4, 0.5) is 5.69 Å². The summed E-state index contributed by atoms with van der Waals surface area (Å²) < 4.78 is 0. The Kier molecular flexibility index (Phi) is 3.36. The molecule has 0 aliphatic rings. The second-order valence-electron chi connectivity index (χ2n) is 3.44. The van der Waals surface area contributed by atoms with E-state index >= 15 is 0 Å². The molecule has 88 valence electrons. The summed E-state index contributed by atoms with van der Waals surface area (Å²) in [5, 5.41) is 19.3. The smallest absolute Gasteiger partial charge is 0.116 e. The Hall–Kier alpha value is -1.52. The lowest BCUT2D eigenvalue weighted by atomic mass is 10.3. The first-order valence-electron chi connectivity index (χ1n) is 4.81. The third-order valence-electron chi connectivity index (χ3n) is 2.13. The highest BCUT2D eigenvalue weighted by Crippen LogP contribution is 2.39. The summed E-state index contributed by atoms with van der Waals surface area (Å²) in [5.41, 5.74) is 6.34. The molecule has 0 unspecified atom stereocenters. The second kappa shape index (κ2) is 4.77. The van der Waals surface area contributed by atoms with Crippen LogP contribution in [0, 0.1) is 0 Å². The van der Waals surface area contributed by atoms with Gasteiger partial charge in [0, 0.05) is 15.5 Å². The second-order valence-corrected chi connectivity index (χ2v) is 4.93. The van der Waals surface area contributed by atoms with E-state index in [1.165, 1.54) is 23.9 Å². The number of halogens is 1. The fraction of sp³-hybridized carbons (Fsp3) is 0. The molecule has 0 aromatic heterocycles. The van der Waals surface area contributed by atoms with E-state index < -0.39 is 0 Å². The van der Waals surface area contributed by atoms with Gasteiger partial charge in [-0.15, -0.1) is 0 Å². The lowest BCUT2D eigenvalue weighted by molar-refractivity contribution is 0.473. The SMILES string of the molecule is Nc1ccc(O)cc1Sc1cc(O)ccc1Cl. The molecule has 0 atom stereocenters. The summed E-state index contributed by atoms with van der Waals surface area (Å²) in [4.78, 5) is 1.38. The van der Waals surface area contributed by atoms with E-state index in [1.807, 2.05) is 0 Å². The van der Waals surface area contributed by atoms with E-state index in [0.717, 1.165) is 0 Å². The van der Waals surface area contributed by atoms with Gasteiger partial charge < -0.3 is 15.9 Å². The number of aromatic hydroxyl groups is 2. The minimum Gasteiger partial charge on any atom is -0.508 e. The molecule has 0 bridgehead atoms. The lowest BCUT2D eigenvalue weighted by Crippen LogP contribution is -1.87. The van der Waals surface area contributed by atoms with E-state index in [2.05, 4.69) is 0 Å². The molecular formula is C12H10ClNO2S.